The van der Waals surface area contributed by atoms with Gasteiger partial charge in [0.25, 0.3) is 5.91 Å². The molecule has 0 spiro atoms. The Morgan fingerprint density at radius 1 is 0.525 bits per heavy atom. The summed E-state index contributed by atoms with van der Waals surface area (Å²) < 4.78 is 69.3. The number of alkyl carbamates (subject to hydrolysis) is 1. The maximum absolute atomic E-state index is 12.5. The summed E-state index contributed by atoms with van der Waals surface area (Å²) in [4.78, 5) is 64.7. The normalized spacial score (nSPS) is 13.5. The molecule has 3 N–H and O–H groups in total. The predicted molar refractivity (Wildman–Crippen MR) is 214 cm³/mol. The van der Waals surface area contributed by atoms with Crippen molar-refractivity contribution in [2.75, 3.05) is 173 Å². The summed E-state index contributed by atoms with van der Waals surface area (Å²) in [5.41, 5.74) is 2.08. The summed E-state index contributed by atoms with van der Waals surface area (Å²) in [7, 11) is 2.79. The van der Waals surface area contributed by atoms with Crippen LogP contribution in [0.4, 0.5) is 4.79 Å². The van der Waals surface area contributed by atoms with E-state index in [1.807, 2.05) is 0 Å². The topological polar surface area (TPSA) is 251 Å². The molecule has 1 saturated carbocycles. The van der Waals surface area contributed by atoms with E-state index in [1.54, 1.807) is 7.11 Å². The third-order valence-corrected chi connectivity index (χ3v) is 8.14. The third-order valence-electron chi connectivity index (χ3n) is 8.14. The summed E-state index contributed by atoms with van der Waals surface area (Å²) in [5, 5.41) is 5.16. The fraction of sp³-hybridized carbons (Fsp3) is 0.872. The fourth-order valence-electron chi connectivity index (χ4n) is 4.88. The van der Waals surface area contributed by atoms with Gasteiger partial charge in [0.2, 0.25) is 12.0 Å². The lowest BCUT2D eigenvalue weighted by molar-refractivity contribution is -0.151. The molecule has 22 nitrogen and oxygen atoms in total. The molecule has 0 unspecified atom stereocenters. The molecule has 0 heterocycles. The van der Waals surface area contributed by atoms with Crippen LogP contribution in [0.2, 0.25) is 0 Å². The summed E-state index contributed by atoms with van der Waals surface area (Å²) in [6.07, 6.45) is -0.695. The number of nitrogens with one attached hydrogen (secondary N) is 3. The monoisotopic (exact) mass is 885 g/mol. The molecule has 0 radical (unpaired) electrons. The highest BCUT2D eigenvalue weighted by Crippen LogP contribution is 2.13. The number of rotatable bonds is 45. The van der Waals surface area contributed by atoms with Crippen LogP contribution < -0.4 is 16.1 Å². The molecule has 0 aromatic carbocycles. The van der Waals surface area contributed by atoms with E-state index in [0.717, 1.165) is 7.11 Å². The van der Waals surface area contributed by atoms with Crippen molar-refractivity contribution in [1.29, 1.82) is 0 Å². The Morgan fingerprint density at radius 2 is 0.885 bits per heavy atom. The van der Waals surface area contributed by atoms with Crippen LogP contribution in [0.3, 0.4) is 0 Å². The molecule has 0 bridgehead atoms. The zero-order valence-electron chi connectivity index (χ0n) is 36.1. The lowest BCUT2D eigenvalue weighted by atomic mass is 10.1. The van der Waals surface area contributed by atoms with E-state index in [2.05, 4.69) is 20.9 Å². The third kappa shape index (κ3) is 35.2. The second-order valence-corrected chi connectivity index (χ2v) is 12.9. The Balaban J connectivity index is 1.78. The number of ketones is 2. The van der Waals surface area contributed by atoms with Crippen LogP contribution >= 0.6 is 0 Å². The number of carbonyl (C=O) groups is 5. The molecular weight excluding hydrogens is 814 g/mol. The number of hydroxylamine groups is 1. The van der Waals surface area contributed by atoms with E-state index < -0.39 is 35.7 Å². The van der Waals surface area contributed by atoms with Crippen molar-refractivity contribution in [2.45, 2.75) is 50.7 Å². The molecular formula is C39H71N3O19. The molecule has 0 aliphatic heterocycles. The van der Waals surface area contributed by atoms with Crippen molar-refractivity contribution in [3.05, 3.63) is 0 Å². The van der Waals surface area contributed by atoms with Crippen LogP contribution in [0.15, 0.2) is 0 Å². The number of amides is 3. The molecule has 61 heavy (non-hydrogen) atoms. The minimum atomic E-state index is -1.34. The number of carbonyl (C=O) groups excluding carboxylic acids is 5. The standard InChI is InChI=1S/C39H71N3O19/c1-48-11-12-51-15-16-53-19-20-55-23-24-57-27-28-59-31-32-60-30-29-58-26-25-56-22-21-54-18-17-52-14-13-50-10-8-36(45)40-9-4-3-5-33(41-39(47)49-2)38(46)42-61-37-34(43)6-7-35(37)44/h33,37H,3-32H2,1-2H3,(H,40,45)(H,41,47)(H,42,46)/t33-/m0/s1. The van der Waals surface area contributed by atoms with Crippen molar-refractivity contribution in [3.8, 4) is 0 Å². The first-order chi connectivity index (χ1) is 29.9. The van der Waals surface area contributed by atoms with Gasteiger partial charge in [0.05, 0.1) is 159 Å². The number of hydrogen-bond donors (Lipinski definition) is 3. The lowest BCUT2D eigenvalue weighted by Gasteiger charge is -2.18. The minimum Gasteiger partial charge on any atom is -0.453 e. The van der Waals surface area contributed by atoms with Crippen LogP contribution in [-0.4, -0.2) is 214 Å². The quantitative estimate of drug-likeness (QED) is 0.0399. The van der Waals surface area contributed by atoms with E-state index in [9.17, 15) is 24.0 Å². The number of hydrogen-bond acceptors (Lipinski definition) is 19. The Labute approximate surface area is 359 Å². The van der Waals surface area contributed by atoms with Gasteiger partial charge < -0.3 is 72.2 Å². The predicted octanol–water partition coefficient (Wildman–Crippen LogP) is -0.435. The number of ether oxygens (including phenoxy) is 13. The van der Waals surface area contributed by atoms with Crippen LogP contribution in [0.25, 0.3) is 0 Å². The van der Waals surface area contributed by atoms with E-state index in [0.29, 0.717) is 165 Å². The first-order valence-electron chi connectivity index (χ1n) is 20.8. The first kappa shape index (κ1) is 56.0. The number of Topliss-reactive ketones (excluding diaryl/α,β-unsaturated/α-hetero) is 2. The Hall–Kier alpha value is -2.97. The summed E-state index contributed by atoms with van der Waals surface area (Å²) in [5.74, 6) is -1.75. The molecule has 356 valence electrons. The van der Waals surface area contributed by atoms with Crippen LogP contribution in [0.1, 0.15) is 38.5 Å². The number of methoxy groups -OCH3 is 2. The van der Waals surface area contributed by atoms with Gasteiger partial charge in [0.15, 0.2) is 11.6 Å². The van der Waals surface area contributed by atoms with E-state index in [4.69, 9.17) is 61.7 Å². The largest absolute Gasteiger partial charge is 0.453 e. The van der Waals surface area contributed by atoms with Gasteiger partial charge in [0.1, 0.15) is 6.04 Å². The van der Waals surface area contributed by atoms with E-state index in [-0.39, 0.29) is 38.2 Å². The molecule has 1 aliphatic rings. The summed E-state index contributed by atoms with van der Waals surface area (Å²) in [6, 6.07) is -1.03. The van der Waals surface area contributed by atoms with Gasteiger partial charge in [-0.05, 0) is 19.3 Å². The Bertz CT molecular complexity index is 1090. The van der Waals surface area contributed by atoms with Crippen LogP contribution in [-0.2, 0) is 85.6 Å². The maximum Gasteiger partial charge on any atom is 0.407 e. The molecule has 1 aliphatic carbocycles. The average Bonchev–Trinajstić information content (AvgIpc) is 3.58. The first-order valence-corrected chi connectivity index (χ1v) is 20.8. The molecule has 1 rings (SSSR count). The second kappa shape index (κ2) is 42.3. The van der Waals surface area contributed by atoms with Crippen molar-refractivity contribution < 1.29 is 90.4 Å². The van der Waals surface area contributed by atoms with Gasteiger partial charge >= 0.3 is 6.09 Å². The Kier molecular flexibility index (Phi) is 38.9. The van der Waals surface area contributed by atoms with Gasteiger partial charge in [-0.3, -0.25) is 24.0 Å². The molecule has 0 aromatic heterocycles. The zero-order chi connectivity index (χ0) is 44.3. The van der Waals surface area contributed by atoms with E-state index >= 15 is 0 Å². The van der Waals surface area contributed by atoms with Crippen molar-refractivity contribution in [3.63, 3.8) is 0 Å². The molecule has 1 fully saturated rings. The van der Waals surface area contributed by atoms with Crippen molar-refractivity contribution in [2.24, 2.45) is 0 Å². The second-order valence-electron chi connectivity index (χ2n) is 12.9. The molecule has 22 heteroatoms. The van der Waals surface area contributed by atoms with Crippen LogP contribution in [0, 0.1) is 0 Å². The van der Waals surface area contributed by atoms with Crippen molar-refractivity contribution >= 4 is 29.5 Å². The highest BCUT2D eigenvalue weighted by Gasteiger charge is 2.35. The maximum atomic E-state index is 12.5. The zero-order valence-corrected chi connectivity index (χ0v) is 36.1. The molecule has 0 saturated heterocycles. The smallest absolute Gasteiger partial charge is 0.407 e. The average molecular weight is 886 g/mol. The van der Waals surface area contributed by atoms with Gasteiger partial charge in [-0.2, -0.15) is 0 Å². The highest BCUT2D eigenvalue weighted by atomic mass is 16.7. The highest BCUT2D eigenvalue weighted by molar-refractivity contribution is 6.11. The van der Waals surface area contributed by atoms with Crippen LogP contribution in [0.5, 0.6) is 0 Å². The van der Waals surface area contributed by atoms with Gasteiger partial charge in [-0.25, -0.2) is 10.3 Å². The number of unbranched alkanes of at least 4 members (excludes halogenated alkanes) is 1. The van der Waals surface area contributed by atoms with Gasteiger partial charge in [-0.1, -0.05) is 0 Å². The lowest BCUT2D eigenvalue weighted by Crippen LogP contribution is -2.48. The van der Waals surface area contributed by atoms with Crippen molar-refractivity contribution in [1.82, 2.24) is 16.1 Å². The molecule has 0 aromatic rings. The molecule has 1 atom stereocenters. The molecule has 3 amide bonds. The summed E-state index contributed by atoms with van der Waals surface area (Å²) >= 11 is 0. The van der Waals surface area contributed by atoms with E-state index in [1.165, 1.54) is 0 Å². The van der Waals surface area contributed by atoms with Gasteiger partial charge in [0, 0.05) is 32.9 Å². The summed E-state index contributed by atoms with van der Waals surface area (Å²) in [6.45, 7) is 11.0. The fourth-order valence-corrected chi connectivity index (χ4v) is 4.88. The van der Waals surface area contributed by atoms with Gasteiger partial charge in [-0.15, -0.1) is 0 Å². The Morgan fingerprint density at radius 3 is 1.25 bits per heavy atom. The SMILES string of the molecule is COCCOCCOCCOCCOCCOCCOCCOCCOCCOCCOCCOCCC(=O)NCCCC[C@H](NC(=O)OC)C(=O)NOC1C(=O)CCC1=O. The minimum absolute atomic E-state index is 0.0594.